The van der Waals surface area contributed by atoms with Crippen molar-refractivity contribution in [1.82, 2.24) is 0 Å². The van der Waals surface area contributed by atoms with Crippen LogP contribution in [0.1, 0.15) is 5.56 Å². The van der Waals surface area contributed by atoms with Crippen LogP contribution in [0.25, 0.3) is 0 Å². The molecule has 0 radical (unpaired) electrons. The van der Waals surface area contributed by atoms with E-state index >= 15 is 0 Å². The highest BCUT2D eigenvalue weighted by atomic mass is 19.3. The molecule has 1 aromatic carbocycles. The first-order valence-electron chi connectivity index (χ1n) is 4.00. The van der Waals surface area contributed by atoms with Gasteiger partial charge in [-0.25, -0.2) is 13.2 Å². The van der Waals surface area contributed by atoms with Gasteiger partial charge in [-0.3, -0.25) is 0 Å². The fourth-order valence-corrected chi connectivity index (χ4v) is 0.978. The van der Waals surface area contributed by atoms with E-state index in [4.69, 9.17) is 5.73 Å². The van der Waals surface area contributed by atoms with Crippen molar-refractivity contribution in [3.63, 3.8) is 0 Å². The summed E-state index contributed by atoms with van der Waals surface area (Å²) in [4.78, 5) is 0. The molecule has 0 atom stereocenters. The molecule has 0 saturated heterocycles. The van der Waals surface area contributed by atoms with Gasteiger partial charge in [0, 0.05) is 11.3 Å². The van der Waals surface area contributed by atoms with E-state index in [9.17, 15) is 13.2 Å². The summed E-state index contributed by atoms with van der Waals surface area (Å²) < 4.78 is 41.0. The molecule has 78 valence electrons. The van der Waals surface area contributed by atoms with Gasteiger partial charge >= 0.3 is 0 Å². The molecule has 1 rings (SSSR count). The summed E-state index contributed by atoms with van der Waals surface area (Å²) in [7, 11) is 0. The molecule has 0 aromatic heterocycles. The highest BCUT2D eigenvalue weighted by molar-refractivity contribution is 5.46. The number of nitrogen functional groups attached to an aromatic ring is 1. The summed E-state index contributed by atoms with van der Waals surface area (Å²) >= 11 is 0. The van der Waals surface area contributed by atoms with Gasteiger partial charge in [-0.2, -0.15) is 0 Å². The third-order valence-electron chi connectivity index (χ3n) is 1.65. The zero-order chi connectivity index (χ0) is 10.6. The van der Waals surface area contributed by atoms with Crippen molar-refractivity contribution in [1.29, 1.82) is 0 Å². The Morgan fingerprint density at radius 2 is 2.07 bits per heavy atom. The van der Waals surface area contributed by atoms with Crippen LogP contribution >= 0.6 is 0 Å². The van der Waals surface area contributed by atoms with Crippen LogP contribution in [-0.2, 0) is 11.3 Å². The first kappa shape index (κ1) is 10.8. The molecule has 0 spiro atoms. The van der Waals surface area contributed by atoms with Crippen LogP contribution in [0.3, 0.4) is 0 Å². The van der Waals surface area contributed by atoms with Crippen molar-refractivity contribution in [3.8, 4) is 0 Å². The van der Waals surface area contributed by atoms with Crippen LogP contribution in [0.5, 0.6) is 0 Å². The summed E-state index contributed by atoms with van der Waals surface area (Å²) in [5.41, 5.74) is 5.76. The number of halogens is 3. The maximum Gasteiger partial charge on any atom is 0.261 e. The molecule has 1 aromatic rings. The summed E-state index contributed by atoms with van der Waals surface area (Å²) in [5, 5.41) is 0. The molecule has 0 bridgehead atoms. The van der Waals surface area contributed by atoms with Gasteiger partial charge in [-0.1, -0.05) is 6.07 Å². The van der Waals surface area contributed by atoms with E-state index in [1.165, 1.54) is 18.2 Å². The predicted molar refractivity (Wildman–Crippen MR) is 46.5 cm³/mol. The van der Waals surface area contributed by atoms with E-state index in [1.807, 2.05) is 0 Å². The van der Waals surface area contributed by atoms with E-state index in [1.54, 1.807) is 0 Å². The molecule has 0 unspecified atom stereocenters. The van der Waals surface area contributed by atoms with Gasteiger partial charge in [-0.15, -0.1) is 0 Å². The quantitative estimate of drug-likeness (QED) is 0.764. The van der Waals surface area contributed by atoms with Crippen molar-refractivity contribution in [2.75, 3.05) is 12.3 Å². The third-order valence-corrected chi connectivity index (χ3v) is 1.65. The van der Waals surface area contributed by atoms with Crippen molar-refractivity contribution in [2.45, 2.75) is 13.0 Å². The zero-order valence-corrected chi connectivity index (χ0v) is 7.34. The smallest absolute Gasteiger partial charge is 0.261 e. The number of hydrogen-bond donors (Lipinski definition) is 1. The average Bonchev–Trinajstić information content (AvgIpc) is 2.09. The fourth-order valence-electron chi connectivity index (χ4n) is 0.978. The second-order valence-corrected chi connectivity index (χ2v) is 2.71. The van der Waals surface area contributed by atoms with E-state index in [2.05, 4.69) is 4.74 Å². The Balaban J connectivity index is 2.58. The highest BCUT2D eigenvalue weighted by Crippen LogP contribution is 2.16. The van der Waals surface area contributed by atoms with Crippen molar-refractivity contribution in [2.24, 2.45) is 0 Å². The van der Waals surface area contributed by atoms with Gasteiger partial charge in [0.05, 0.1) is 6.61 Å². The Morgan fingerprint density at radius 1 is 1.36 bits per heavy atom. The van der Waals surface area contributed by atoms with Crippen molar-refractivity contribution in [3.05, 3.63) is 29.6 Å². The Hall–Kier alpha value is -1.23. The first-order valence-corrected chi connectivity index (χ1v) is 4.00. The summed E-state index contributed by atoms with van der Waals surface area (Å²) in [6.07, 6.45) is -2.55. The van der Waals surface area contributed by atoms with Crippen LogP contribution < -0.4 is 5.73 Å². The molecular formula is C9H10F3NO. The molecule has 14 heavy (non-hydrogen) atoms. The van der Waals surface area contributed by atoms with Crippen LogP contribution in [0.15, 0.2) is 18.2 Å². The molecule has 2 nitrogen and oxygen atoms in total. The summed E-state index contributed by atoms with van der Waals surface area (Å²) in [6, 6.07) is 4.14. The summed E-state index contributed by atoms with van der Waals surface area (Å²) in [6.45, 7) is -0.948. The van der Waals surface area contributed by atoms with Crippen molar-refractivity contribution < 1.29 is 17.9 Å². The largest absolute Gasteiger partial charge is 0.398 e. The Labute approximate surface area is 79.5 Å². The minimum atomic E-state index is -2.55. The summed E-state index contributed by atoms with van der Waals surface area (Å²) in [5.74, 6) is -0.542. The lowest BCUT2D eigenvalue weighted by molar-refractivity contribution is 0.00920. The number of anilines is 1. The standard InChI is InChI=1S/C9H10F3NO/c10-7-2-1-3-8(13)6(7)4-14-5-9(11)12/h1-3,9H,4-5,13H2. The number of nitrogens with two attached hydrogens (primary N) is 1. The topological polar surface area (TPSA) is 35.2 Å². The Morgan fingerprint density at radius 3 is 2.64 bits per heavy atom. The second kappa shape index (κ2) is 4.85. The van der Waals surface area contributed by atoms with Gasteiger partial charge < -0.3 is 10.5 Å². The van der Waals surface area contributed by atoms with Crippen LogP contribution in [-0.4, -0.2) is 13.0 Å². The van der Waals surface area contributed by atoms with Gasteiger partial charge in [0.25, 0.3) is 6.43 Å². The maximum atomic E-state index is 13.0. The number of rotatable bonds is 4. The molecule has 0 saturated carbocycles. The van der Waals surface area contributed by atoms with E-state index in [-0.39, 0.29) is 17.9 Å². The molecule has 0 aliphatic rings. The monoisotopic (exact) mass is 205 g/mol. The second-order valence-electron chi connectivity index (χ2n) is 2.71. The third kappa shape index (κ3) is 2.92. The Kier molecular flexibility index (Phi) is 3.76. The SMILES string of the molecule is Nc1cccc(F)c1COCC(F)F. The molecule has 0 heterocycles. The Bertz CT molecular complexity index is 284. The lowest BCUT2D eigenvalue weighted by atomic mass is 10.2. The minimum absolute atomic E-state index is 0.119. The molecule has 5 heteroatoms. The predicted octanol–water partition coefficient (Wildman–Crippen LogP) is 2.19. The van der Waals surface area contributed by atoms with Gasteiger partial charge in [0.2, 0.25) is 0 Å². The van der Waals surface area contributed by atoms with Gasteiger partial charge in [0.15, 0.2) is 0 Å². The van der Waals surface area contributed by atoms with Crippen LogP contribution in [0, 0.1) is 5.82 Å². The molecule has 0 aliphatic carbocycles. The molecule has 2 N–H and O–H groups in total. The van der Waals surface area contributed by atoms with Crippen LogP contribution in [0.4, 0.5) is 18.9 Å². The van der Waals surface area contributed by atoms with E-state index in [0.29, 0.717) is 0 Å². The van der Waals surface area contributed by atoms with Gasteiger partial charge in [0.1, 0.15) is 12.4 Å². The number of hydrogen-bond acceptors (Lipinski definition) is 2. The molecule has 0 fully saturated rings. The fraction of sp³-hybridized carbons (Fsp3) is 0.333. The zero-order valence-electron chi connectivity index (χ0n) is 7.34. The average molecular weight is 205 g/mol. The van der Waals surface area contributed by atoms with Crippen LogP contribution in [0.2, 0.25) is 0 Å². The van der Waals surface area contributed by atoms with Crippen molar-refractivity contribution >= 4 is 5.69 Å². The number of ether oxygens (including phenoxy) is 1. The molecule has 0 aliphatic heterocycles. The normalized spacial score (nSPS) is 10.9. The number of benzene rings is 1. The molecular weight excluding hydrogens is 195 g/mol. The lowest BCUT2D eigenvalue weighted by Crippen LogP contribution is -2.07. The highest BCUT2D eigenvalue weighted by Gasteiger charge is 2.08. The lowest BCUT2D eigenvalue weighted by Gasteiger charge is -2.07. The van der Waals surface area contributed by atoms with Gasteiger partial charge in [-0.05, 0) is 12.1 Å². The molecule has 0 amide bonds. The van der Waals surface area contributed by atoms with E-state index in [0.717, 1.165) is 0 Å². The van der Waals surface area contributed by atoms with E-state index < -0.39 is 18.8 Å². The minimum Gasteiger partial charge on any atom is -0.398 e. The first-order chi connectivity index (χ1) is 6.61. The number of alkyl halides is 2. The maximum absolute atomic E-state index is 13.0.